The fourth-order valence-electron chi connectivity index (χ4n) is 1.17. The fourth-order valence-corrected chi connectivity index (χ4v) is 1.36. The molecule has 15 heavy (non-hydrogen) atoms. The van der Waals surface area contributed by atoms with Crippen LogP contribution in [0.2, 0.25) is 0 Å². The van der Waals surface area contributed by atoms with Crippen molar-refractivity contribution in [1.29, 1.82) is 0 Å². The standard InChI is InChI=1S/C10H10ClNO3/c1-15-10(14)7-5-3-2-4-6(7)8(11)9(12)13/h2-5,8H,1H3,(H2,12,13). The summed E-state index contributed by atoms with van der Waals surface area (Å²) >= 11 is 5.76. The zero-order chi connectivity index (χ0) is 11.4. The largest absolute Gasteiger partial charge is 0.465 e. The molecule has 1 amide bonds. The SMILES string of the molecule is COC(=O)c1ccccc1C(Cl)C(N)=O. The number of nitrogens with two attached hydrogens (primary N) is 1. The van der Waals surface area contributed by atoms with Gasteiger partial charge in [0.1, 0.15) is 5.38 Å². The third kappa shape index (κ3) is 2.47. The van der Waals surface area contributed by atoms with Crippen molar-refractivity contribution in [2.45, 2.75) is 5.38 Å². The third-order valence-electron chi connectivity index (χ3n) is 1.89. The highest BCUT2D eigenvalue weighted by molar-refractivity contribution is 6.31. The number of methoxy groups -OCH3 is 1. The van der Waals surface area contributed by atoms with E-state index in [9.17, 15) is 9.59 Å². The Balaban J connectivity index is 3.17. The average molecular weight is 228 g/mol. The lowest BCUT2D eigenvalue weighted by atomic mass is 10.0. The molecule has 1 atom stereocenters. The summed E-state index contributed by atoms with van der Waals surface area (Å²) in [5.74, 6) is -1.24. The lowest BCUT2D eigenvalue weighted by Gasteiger charge is -2.10. The lowest BCUT2D eigenvalue weighted by molar-refractivity contribution is -0.117. The molecule has 0 saturated carbocycles. The molecule has 0 heterocycles. The number of carbonyl (C=O) groups excluding carboxylic acids is 2. The van der Waals surface area contributed by atoms with E-state index in [4.69, 9.17) is 17.3 Å². The van der Waals surface area contributed by atoms with E-state index in [0.717, 1.165) is 0 Å². The van der Waals surface area contributed by atoms with Crippen molar-refractivity contribution in [3.8, 4) is 0 Å². The van der Waals surface area contributed by atoms with Gasteiger partial charge in [-0.1, -0.05) is 18.2 Å². The van der Waals surface area contributed by atoms with E-state index in [1.807, 2.05) is 0 Å². The van der Waals surface area contributed by atoms with Gasteiger partial charge in [-0.25, -0.2) is 4.79 Å². The summed E-state index contributed by atoms with van der Waals surface area (Å²) in [6.45, 7) is 0. The number of ether oxygens (including phenoxy) is 1. The van der Waals surface area contributed by atoms with Gasteiger partial charge in [0.15, 0.2) is 0 Å². The number of esters is 1. The van der Waals surface area contributed by atoms with Gasteiger partial charge in [-0.05, 0) is 11.6 Å². The third-order valence-corrected chi connectivity index (χ3v) is 2.34. The zero-order valence-electron chi connectivity index (χ0n) is 8.07. The monoisotopic (exact) mass is 227 g/mol. The summed E-state index contributed by atoms with van der Waals surface area (Å²) in [5, 5.41) is -1.03. The molecule has 0 bridgehead atoms. The van der Waals surface area contributed by atoms with Gasteiger partial charge >= 0.3 is 5.97 Å². The molecule has 5 heteroatoms. The second-order valence-electron chi connectivity index (χ2n) is 2.84. The highest BCUT2D eigenvalue weighted by Crippen LogP contribution is 2.24. The van der Waals surface area contributed by atoms with Gasteiger partial charge < -0.3 is 10.5 Å². The molecule has 0 radical (unpaired) electrons. The van der Waals surface area contributed by atoms with Crippen LogP contribution in [0.4, 0.5) is 0 Å². The van der Waals surface area contributed by atoms with Crippen molar-refractivity contribution in [3.05, 3.63) is 35.4 Å². The van der Waals surface area contributed by atoms with E-state index in [-0.39, 0.29) is 5.56 Å². The number of rotatable bonds is 3. The maximum Gasteiger partial charge on any atom is 0.338 e. The fraction of sp³-hybridized carbons (Fsp3) is 0.200. The predicted molar refractivity (Wildman–Crippen MR) is 55.6 cm³/mol. The van der Waals surface area contributed by atoms with Crippen LogP contribution in [0, 0.1) is 0 Å². The molecular formula is C10H10ClNO3. The summed E-state index contributed by atoms with van der Waals surface area (Å²) in [7, 11) is 1.26. The number of halogens is 1. The van der Waals surface area contributed by atoms with Crippen LogP contribution in [0.1, 0.15) is 21.3 Å². The summed E-state index contributed by atoms with van der Waals surface area (Å²) in [4.78, 5) is 22.2. The molecule has 0 saturated heterocycles. The molecule has 0 aliphatic rings. The van der Waals surface area contributed by atoms with E-state index >= 15 is 0 Å². The van der Waals surface area contributed by atoms with Crippen LogP contribution in [0.3, 0.4) is 0 Å². The van der Waals surface area contributed by atoms with Crippen LogP contribution in [0.15, 0.2) is 24.3 Å². The molecule has 1 aromatic rings. The normalized spacial score (nSPS) is 11.9. The first kappa shape index (κ1) is 11.5. The zero-order valence-corrected chi connectivity index (χ0v) is 8.82. The first-order valence-corrected chi connectivity index (χ1v) is 4.62. The van der Waals surface area contributed by atoms with Crippen molar-refractivity contribution in [2.75, 3.05) is 7.11 Å². The first-order chi connectivity index (χ1) is 7.07. The highest BCUT2D eigenvalue weighted by Gasteiger charge is 2.21. The second kappa shape index (κ2) is 4.79. The number of primary amides is 1. The molecule has 0 aliphatic carbocycles. The van der Waals surface area contributed by atoms with Gasteiger partial charge in [0.05, 0.1) is 12.7 Å². The molecule has 80 valence electrons. The molecule has 1 aromatic carbocycles. The van der Waals surface area contributed by atoms with Crippen LogP contribution in [0.5, 0.6) is 0 Å². The molecule has 2 N–H and O–H groups in total. The Morgan fingerprint density at radius 3 is 2.53 bits per heavy atom. The van der Waals surface area contributed by atoms with Gasteiger partial charge in [-0.2, -0.15) is 0 Å². The highest BCUT2D eigenvalue weighted by atomic mass is 35.5. The number of hydrogen-bond donors (Lipinski definition) is 1. The number of alkyl halides is 1. The van der Waals surface area contributed by atoms with E-state index in [1.54, 1.807) is 18.2 Å². The Morgan fingerprint density at radius 1 is 1.40 bits per heavy atom. The smallest absolute Gasteiger partial charge is 0.338 e. The van der Waals surface area contributed by atoms with Crippen LogP contribution >= 0.6 is 11.6 Å². The Kier molecular flexibility index (Phi) is 3.68. The van der Waals surface area contributed by atoms with Gasteiger partial charge in [-0.3, -0.25) is 4.79 Å². The van der Waals surface area contributed by atoms with Crippen molar-refractivity contribution in [1.82, 2.24) is 0 Å². The van der Waals surface area contributed by atoms with Crippen LogP contribution < -0.4 is 5.73 Å². The van der Waals surface area contributed by atoms with E-state index in [0.29, 0.717) is 5.56 Å². The van der Waals surface area contributed by atoms with Crippen molar-refractivity contribution in [3.63, 3.8) is 0 Å². The Morgan fingerprint density at radius 2 is 2.00 bits per heavy atom. The molecule has 0 fully saturated rings. The maximum absolute atomic E-state index is 11.3. The second-order valence-corrected chi connectivity index (χ2v) is 3.28. The Hall–Kier alpha value is -1.55. The Bertz CT molecular complexity index is 392. The molecule has 4 nitrogen and oxygen atoms in total. The molecule has 1 rings (SSSR count). The minimum atomic E-state index is -1.03. The maximum atomic E-state index is 11.3. The molecule has 0 aromatic heterocycles. The minimum Gasteiger partial charge on any atom is -0.465 e. The van der Waals surface area contributed by atoms with E-state index in [1.165, 1.54) is 13.2 Å². The quantitative estimate of drug-likeness (QED) is 0.624. The van der Waals surface area contributed by atoms with Gasteiger partial charge in [0.25, 0.3) is 0 Å². The van der Waals surface area contributed by atoms with Crippen molar-refractivity contribution >= 4 is 23.5 Å². The summed E-state index contributed by atoms with van der Waals surface area (Å²) < 4.78 is 4.56. The van der Waals surface area contributed by atoms with Gasteiger partial charge in [0, 0.05) is 0 Å². The summed E-state index contributed by atoms with van der Waals surface area (Å²) in [6.07, 6.45) is 0. The lowest BCUT2D eigenvalue weighted by Crippen LogP contribution is -2.19. The number of amides is 1. The molecule has 0 spiro atoms. The summed E-state index contributed by atoms with van der Waals surface area (Å²) in [5.41, 5.74) is 5.66. The van der Waals surface area contributed by atoms with E-state index < -0.39 is 17.3 Å². The van der Waals surface area contributed by atoms with Crippen LogP contribution in [0.25, 0.3) is 0 Å². The minimum absolute atomic E-state index is 0.249. The van der Waals surface area contributed by atoms with Crippen LogP contribution in [-0.2, 0) is 9.53 Å². The van der Waals surface area contributed by atoms with Crippen LogP contribution in [-0.4, -0.2) is 19.0 Å². The number of hydrogen-bond acceptors (Lipinski definition) is 3. The first-order valence-electron chi connectivity index (χ1n) is 4.18. The number of benzene rings is 1. The van der Waals surface area contributed by atoms with Gasteiger partial charge in [-0.15, -0.1) is 11.6 Å². The van der Waals surface area contributed by atoms with E-state index in [2.05, 4.69) is 4.74 Å². The molecular weight excluding hydrogens is 218 g/mol. The molecule has 1 unspecified atom stereocenters. The molecule has 0 aliphatic heterocycles. The topological polar surface area (TPSA) is 69.4 Å². The average Bonchev–Trinajstić information content (AvgIpc) is 2.27. The van der Waals surface area contributed by atoms with Gasteiger partial charge in [0.2, 0.25) is 5.91 Å². The Labute approximate surface area is 92.0 Å². The van der Waals surface area contributed by atoms with Crippen molar-refractivity contribution < 1.29 is 14.3 Å². The predicted octanol–water partition coefficient (Wildman–Crippen LogP) is 1.24. The number of carbonyl (C=O) groups is 2. The summed E-state index contributed by atoms with van der Waals surface area (Å²) in [6, 6.07) is 6.41. The van der Waals surface area contributed by atoms with Crippen molar-refractivity contribution in [2.24, 2.45) is 5.73 Å².